The summed E-state index contributed by atoms with van der Waals surface area (Å²) < 4.78 is 21.7. The average molecular weight is 496 g/mol. The van der Waals surface area contributed by atoms with E-state index in [-0.39, 0.29) is 23.7 Å². The molecule has 0 aromatic rings. The van der Waals surface area contributed by atoms with Crippen LogP contribution in [0.15, 0.2) is 0 Å². The van der Waals surface area contributed by atoms with Crippen LogP contribution in [0.1, 0.15) is 52.9 Å². The van der Waals surface area contributed by atoms with Crippen LogP contribution in [0, 0.1) is 5.41 Å². The fraction of sp³-hybridized carbons (Fsp3) is 0.913. The zero-order valence-corrected chi connectivity index (χ0v) is 21.6. The van der Waals surface area contributed by atoms with E-state index in [2.05, 4.69) is 10.6 Å². The summed E-state index contributed by atoms with van der Waals surface area (Å²) >= 11 is 5.63. The Morgan fingerprint density at radius 2 is 1.27 bits per heavy atom. The highest BCUT2D eigenvalue weighted by Crippen LogP contribution is 2.16. The van der Waals surface area contributed by atoms with E-state index in [9.17, 15) is 9.59 Å². The van der Waals surface area contributed by atoms with E-state index in [0.29, 0.717) is 59.3 Å². The molecule has 33 heavy (non-hydrogen) atoms. The third-order valence-electron chi connectivity index (χ3n) is 4.72. The first kappa shape index (κ1) is 32.0. The van der Waals surface area contributed by atoms with Gasteiger partial charge in [0, 0.05) is 32.0 Å². The van der Waals surface area contributed by atoms with Gasteiger partial charge in [0.1, 0.15) is 0 Å². The standard InChI is InChI=1S/C23H46ClN3O6/c1-23(2,3)21(25)22(29)27-11-15-33-19-17-31-13-8-20(28)26-10-14-32-18-16-30-12-7-5-4-6-9-24/h21H,4-19,25H2,1-3H3,(H,26,28)(H,27,29). The number of nitrogens with two attached hydrogens (primary N) is 1. The number of ether oxygens (including phenoxy) is 4. The zero-order chi connectivity index (χ0) is 24.8. The second-order valence-electron chi connectivity index (χ2n) is 8.79. The lowest BCUT2D eigenvalue weighted by Crippen LogP contribution is -2.49. The van der Waals surface area contributed by atoms with Gasteiger partial charge in [-0.2, -0.15) is 0 Å². The summed E-state index contributed by atoms with van der Waals surface area (Å²) in [7, 11) is 0. The van der Waals surface area contributed by atoms with Crippen molar-refractivity contribution in [3.63, 3.8) is 0 Å². The predicted molar refractivity (Wildman–Crippen MR) is 131 cm³/mol. The average Bonchev–Trinajstić information content (AvgIpc) is 2.77. The Hall–Kier alpha value is -0.970. The quantitative estimate of drug-likeness (QED) is 0.155. The normalized spacial score (nSPS) is 12.5. The van der Waals surface area contributed by atoms with Gasteiger partial charge in [0.2, 0.25) is 11.8 Å². The summed E-state index contributed by atoms with van der Waals surface area (Å²) in [4.78, 5) is 23.6. The number of rotatable bonds is 22. The number of unbranched alkanes of at least 4 members (excludes halogenated alkanes) is 3. The molecule has 0 heterocycles. The van der Waals surface area contributed by atoms with Gasteiger partial charge in [-0.05, 0) is 18.3 Å². The van der Waals surface area contributed by atoms with Crippen molar-refractivity contribution in [3.8, 4) is 0 Å². The van der Waals surface area contributed by atoms with Crippen molar-refractivity contribution < 1.29 is 28.5 Å². The summed E-state index contributed by atoms with van der Waals surface area (Å²) in [5.41, 5.74) is 5.60. The van der Waals surface area contributed by atoms with Crippen LogP contribution in [0.2, 0.25) is 0 Å². The van der Waals surface area contributed by atoms with Crippen molar-refractivity contribution >= 4 is 23.4 Å². The van der Waals surface area contributed by atoms with Crippen molar-refractivity contribution in [1.82, 2.24) is 10.6 Å². The van der Waals surface area contributed by atoms with E-state index in [4.69, 9.17) is 36.3 Å². The number of halogens is 1. The smallest absolute Gasteiger partial charge is 0.237 e. The Labute approximate surface area is 204 Å². The van der Waals surface area contributed by atoms with Gasteiger partial charge in [0.15, 0.2) is 0 Å². The second kappa shape index (κ2) is 21.6. The van der Waals surface area contributed by atoms with Crippen molar-refractivity contribution in [1.29, 1.82) is 0 Å². The molecule has 1 unspecified atom stereocenters. The Kier molecular flexibility index (Phi) is 20.9. The number of nitrogens with one attached hydrogen (secondary N) is 2. The van der Waals surface area contributed by atoms with Crippen LogP contribution in [-0.2, 0) is 28.5 Å². The maximum Gasteiger partial charge on any atom is 0.237 e. The zero-order valence-electron chi connectivity index (χ0n) is 20.8. The van der Waals surface area contributed by atoms with Crippen LogP contribution in [0.3, 0.4) is 0 Å². The Bertz CT molecular complexity index is 491. The monoisotopic (exact) mass is 495 g/mol. The van der Waals surface area contributed by atoms with E-state index < -0.39 is 6.04 Å². The molecule has 0 spiro atoms. The lowest BCUT2D eigenvalue weighted by Gasteiger charge is -2.25. The highest BCUT2D eigenvalue weighted by molar-refractivity contribution is 6.17. The van der Waals surface area contributed by atoms with E-state index in [1.165, 1.54) is 0 Å². The molecule has 0 aliphatic carbocycles. The van der Waals surface area contributed by atoms with Gasteiger partial charge in [-0.25, -0.2) is 0 Å². The minimum absolute atomic E-state index is 0.0781. The molecule has 0 radical (unpaired) electrons. The highest BCUT2D eigenvalue weighted by atomic mass is 35.5. The van der Waals surface area contributed by atoms with Gasteiger partial charge < -0.3 is 35.3 Å². The van der Waals surface area contributed by atoms with Crippen LogP contribution >= 0.6 is 11.6 Å². The summed E-state index contributed by atoms with van der Waals surface area (Å²) in [5.74, 6) is 0.465. The van der Waals surface area contributed by atoms with Crippen LogP contribution in [0.5, 0.6) is 0 Å². The van der Waals surface area contributed by atoms with Crippen LogP contribution in [0.25, 0.3) is 0 Å². The van der Waals surface area contributed by atoms with Gasteiger partial charge >= 0.3 is 0 Å². The molecule has 0 aliphatic rings. The van der Waals surface area contributed by atoms with Gasteiger partial charge in [0.25, 0.3) is 0 Å². The number of alkyl halides is 1. The van der Waals surface area contributed by atoms with Crippen molar-refractivity contribution in [2.75, 3.05) is 71.8 Å². The summed E-state index contributed by atoms with van der Waals surface area (Å²) in [6.07, 6.45) is 4.69. The molecule has 2 amide bonds. The third-order valence-corrected chi connectivity index (χ3v) is 4.99. The Morgan fingerprint density at radius 3 is 1.85 bits per heavy atom. The number of carbonyl (C=O) groups excluding carboxylic acids is 2. The largest absolute Gasteiger partial charge is 0.379 e. The number of hydrogen-bond acceptors (Lipinski definition) is 7. The van der Waals surface area contributed by atoms with Crippen LogP contribution < -0.4 is 16.4 Å². The minimum atomic E-state index is -0.556. The molecule has 0 rings (SSSR count). The van der Waals surface area contributed by atoms with Crippen molar-refractivity contribution in [3.05, 3.63) is 0 Å². The molecular weight excluding hydrogens is 450 g/mol. The van der Waals surface area contributed by atoms with Gasteiger partial charge in [-0.15, -0.1) is 11.6 Å². The maximum absolute atomic E-state index is 11.9. The summed E-state index contributed by atoms with van der Waals surface area (Å²) in [6, 6.07) is -0.556. The SMILES string of the molecule is CC(C)(C)C(N)C(=O)NCCOCCOCCC(=O)NCCOCCOCCCCCCCl. The molecule has 0 aromatic carbocycles. The lowest BCUT2D eigenvalue weighted by molar-refractivity contribution is -0.124. The summed E-state index contributed by atoms with van der Waals surface area (Å²) in [5, 5.41) is 5.54. The number of amides is 2. The molecule has 0 aromatic heterocycles. The summed E-state index contributed by atoms with van der Waals surface area (Å²) in [6.45, 7) is 10.4. The first-order valence-corrected chi connectivity index (χ1v) is 12.5. The minimum Gasteiger partial charge on any atom is -0.379 e. The molecular formula is C23H46ClN3O6. The molecule has 1 atom stereocenters. The third kappa shape index (κ3) is 21.3. The Morgan fingerprint density at radius 1 is 0.758 bits per heavy atom. The molecule has 0 fully saturated rings. The van der Waals surface area contributed by atoms with Crippen molar-refractivity contribution in [2.45, 2.75) is 58.9 Å². The van der Waals surface area contributed by atoms with Crippen molar-refractivity contribution in [2.24, 2.45) is 11.1 Å². The molecule has 0 saturated carbocycles. The molecule has 9 nitrogen and oxygen atoms in total. The topological polar surface area (TPSA) is 121 Å². The van der Waals surface area contributed by atoms with Crippen LogP contribution in [0.4, 0.5) is 0 Å². The van der Waals surface area contributed by atoms with Gasteiger partial charge in [-0.3, -0.25) is 9.59 Å². The van der Waals surface area contributed by atoms with E-state index in [1.54, 1.807) is 0 Å². The molecule has 0 saturated heterocycles. The van der Waals surface area contributed by atoms with Crippen LogP contribution in [-0.4, -0.2) is 89.7 Å². The highest BCUT2D eigenvalue weighted by Gasteiger charge is 2.26. The lowest BCUT2D eigenvalue weighted by atomic mass is 9.87. The first-order valence-electron chi connectivity index (χ1n) is 12.0. The van der Waals surface area contributed by atoms with E-state index in [0.717, 1.165) is 38.2 Å². The van der Waals surface area contributed by atoms with Gasteiger partial charge in [0.05, 0.1) is 52.3 Å². The molecule has 196 valence electrons. The van der Waals surface area contributed by atoms with Gasteiger partial charge in [-0.1, -0.05) is 33.6 Å². The second-order valence-corrected chi connectivity index (χ2v) is 9.17. The Balaban J connectivity index is 3.33. The number of hydrogen-bond donors (Lipinski definition) is 3. The van der Waals surface area contributed by atoms with E-state index >= 15 is 0 Å². The molecule has 0 aliphatic heterocycles. The predicted octanol–water partition coefficient (Wildman–Crippen LogP) is 1.85. The molecule has 4 N–H and O–H groups in total. The molecule has 10 heteroatoms. The number of carbonyl (C=O) groups is 2. The molecule has 0 bridgehead atoms. The maximum atomic E-state index is 11.9. The van der Waals surface area contributed by atoms with E-state index in [1.807, 2.05) is 20.8 Å². The fourth-order valence-electron chi connectivity index (χ4n) is 2.56. The first-order chi connectivity index (χ1) is 15.8. The fourth-order valence-corrected chi connectivity index (χ4v) is 2.75.